The average molecular weight is 306 g/mol. The fourth-order valence-corrected chi connectivity index (χ4v) is 2.34. The fraction of sp³-hybridized carbons (Fsp3) is 0.214. The van der Waals surface area contributed by atoms with Gasteiger partial charge in [0.15, 0.2) is 5.16 Å². The van der Waals surface area contributed by atoms with Crippen LogP contribution >= 0.6 is 11.8 Å². The molecule has 21 heavy (non-hydrogen) atoms. The smallest absolute Gasteiger partial charge is 0.224 e. The first kappa shape index (κ1) is 15.2. The highest BCUT2D eigenvalue weighted by Crippen LogP contribution is 2.17. The molecule has 3 N–H and O–H groups in total. The second-order valence-corrected chi connectivity index (χ2v) is 5.33. The number of nitrogens with one attached hydrogen (secondary N) is 1. The predicted molar refractivity (Wildman–Crippen MR) is 81.4 cm³/mol. The summed E-state index contributed by atoms with van der Waals surface area (Å²) in [6.45, 7) is 0. The van der Waals surface area contributed by atoms with Crippen molar-refractivity contribution in [2.75, 3.05) is 16.8 Å². The molecule has 2 aromatic rings. The Bertz CT molecular complexity index is 609. The number of anilines is 2. The second kappa shape index (κ2) is 7.58. The summed E-state index contributed by atoms with van der Waals surface area (Å²) in [7, 11) is 0. The van der Waals surface area contributed by atoms with Crippen LogP contribution in [0.3, 0.4) is 0 Å². The van der Waals surface area contributed by atoms with Crippen molar-refractivity contribution in [2.24, 2.45) is 0 Å². The molecular weight excluding hydrogens is 291 g/mol. The number of halogens is 1. The van der Waals surface area contributed by atoms with E-state index in [0.29, 0.717) is 23.7 Å². The van der Waals surface area contributed by atoms with Crippen LogP contribution in [0.5, 0.6) is 0 Å². The number of amides is 1. The van der Waals surface area contributed by atoms with Crippen molar-refractivity contribution in [2.45, 2.75) is 18.0 Å². The van der Waals surface area contributed by atoms with Gasteiger partial charge >= 0.3 is 0 Å². The van der Waals surface area contributed by atoms with Crippen LogP contribution in [0.25, 0.3) is 0 Å². The lowest BCUT2D eigenvalue weighted by Crippen LogP contribution is -2.11. The number of thioether (sulfide) groups is 1. The maximum absolute atomic E-state index is 13.0. The Kier molecular flexibility index (Phi) is 5.51. The molecule has 0 saturated heterocycles. The highest BCUT2D eigenvalue weighted by atomic mass is 32.2. The van der Waals surface area contributed by atoms with Gasteiger partial charge in [0.25, 0.3) is 0 Å². The van der Waals surface area contributed by atoms with Gasteiger partial charge in [-0.05, 0) is 30.7 Å². The van der Waals surface area contributed by atoms with Crippen molar-refractivity contribution >= 4 is 29.0 Å². The lowest BCUT2D eigenvalue weighted by Gasteiger charge is -2.06. The van der Waals surface area contributed by atoms with Crippen LogP contribution < -0.4 is 11.1 Å². The number of nitrogen functional groups attached to an aromatic ring is 1. The molecule has 0 radical (unpaired) electrons. The van der Waals surface area contributed by atoms with Crippen molar-refractivity contribution < 1.29 is 9.18 Å². The minimum Gasteiger partial charge on any atom is -0.396 e. The largest absolute Gasteiger partial charge is 0.396 e. The Hall–Kier alpha value is -2.15. The van der Waals surface area contributed by atoms with Crippen molar-refractivity contribution in [3.8, 4) is 0 Å². The Labute approximate surface area is 126 Å². The topological polar surface area (TPSA) is 80.9 Å². The molecule has 1 aromatic heterocycles. The zero-order valence-corrected chi connectivity index (χ0v) is 12.1. The van der Waals surface area contributed by atoms with Crippen molar-refractivity contribution in [1.82, 2.24) is 9.97 Å². The zero-order chi connectivity index (χ0) is 15.1. The first-order valence-corrected chi connectivity index (χ1v) is 7.38. The van der Waals surface area contributed by atoms with Crippen LogP contribution in [-0.4, -0.2) is 21.6 Å². The molecule has 1 amide bonds. The molecule has 0 atom stereocenters. The summed E-state index contributed by atoms with van der Waals surface area (Å²) < 4.78 is 13.0. The molecule has 0 fully saturated rings. The first-order valence-electron chi connectivity index (χ1n) is 6.40. The van der Waals surface area contributed by atoms with E-state index < -0.39 is 5.82 Å². The molecule has 110 valence electrons. The number of nitrogens with zero attached hydrogens (tertiary/aromatic N) is 2. The van der Waals surface area contributed by atoms with Gasteiger partial charge in [-0.3, -0.25) is 4.79 Å². The van der Waals surface area contributed by atoms with Gasteiger partial charge in [0.2, 0.25) is 5.91 Å². The van der Waals surface area contributed by atoms with E-state index >= 15 is 0 Å². The summed E-state index contributed by atoms with van der Waals surface area (Å²) in [6.07, 6.45) is 4.44. The van der Waals surface area contributed by atoms with Crippen LogP contribution in [0.4, 0.5) is 15.8 Å². The Morgan fingerprint density at radius 2 is 2.10 bits per heavy atom. The number of hydrogen-bond acceptors (Lipinski definition) is 5. The van der Waals surface area contributed by atoms with Gasteiger partial charge in [-0.15, -0.1) is 0 Å². The molecule has 1 heterocycles. The minimum absolute atomic E-state index is 0.0181. The number of carbonyl (C=O) groups excluding carboxylic acids is 1. The van der Waals surface area contributed by atoms with E-state index in [1.807, 2.05) is 0 Å². The van der Waals surface area contributed by atoms with E-state index in [1.54, 1.807) is 18.5 Å². The molecule has 0 aliphatic rings. The molecule has 0 unspecified atom stereocenters. The zero-order valence-electron chi connectivity index (χ0n) is 11.3. The van der Waals surface area contributed by atoms with Gasteiger partial charge in [0.05, 0.1) is 5.69 Å². The van der Waals surface area contributed by atoms with Gasteiger partial charge < -0.3 is 11.1 Å². The number of benzene rings is 1. The molecule has 2 rings (SSSR count). The molecule has 0 aliphatic heterocycles. The SMILES string of the molecule is Nc1cc(NC(=O)CCCSc2ncccn2)ccc1F. The summed E-state index contributed by atoms with van der Waals surface area (Å²) in [5, 5.41) is 3.38. The average Bonchev–Trinajstić information content (AvgIpc) is 2.49. The summed E-state index contributed by atoms with van der Waals surface area (Å²) >= 11 is 1.50. The van der Waals surface area contributed by atoms with Crippen LogP contribution in [0.15, 0.2) is 41.8 Å². The van der Waals surface area contributed by atoms with E-state index in [9.17, 15) is 9.18 Å². The van der Waals surface area contributed by atoms with Crippen molar-refractivity contribution in [1.29, 1.82) is 0 Å². The molecule has 0 bridgehead atoms. The van der Waals surface area contributed by atoms with Gasteiger partial charge in [-0.2, -0.15) is 0 Å². The number of nitrogens with two attached hydrogens (primary N) is 1. The van der Waals surface area contributed by atoms with E-state index in [2.05, 4.69) is 15.3 Å². The minimum atomic E-state index is -0.493. The van der Waals surface area contributed by atoms with Crippen LogP contribution in [0, 0.1) is 5.82 Å². The maximum atomic E-state index is 13.0. The van der Waals surface area contributed by atoms with Crippen LogP contribution in [-0.2, 0) is 4.79 Å². The maximum Gasteiger partial charge on any atom is 0.224 e. The highest BCUT2D eigenvalue weighted by molar-refractivity contribution is 7.99. The Morgan fingerprint density at radius 3 is 2.81 bits per heavy atom. The second-order valence-electron chi connectivity index (χ2n) is 4.27. The van der Waals surface area contributed by atoms with E-state index in [0.717, 1.165) is 5.75 Å². The summed E-state index contributed by atoms with van der Waals surface area (Å²) in [4.78, 5) is 19.9. The van der Waals surface area contributed by atoms with Crippen molar-refractivity contribution in [3.05, 3.63) is 42.5 Å². The summed E-state index contributed by atoms with van der Waals surface area (Å²) in [5.41, 5.74) is 5.96. The summed E-state index contributed by atoms with van der Waals surface area (Å²) in [6, 6.07) is 5.87. The van der Waals surface area contributed by atoms with Gasteiger partial charge in [-0.1, -0.05) is 11.8 Å². The third-order valence-electron chi connectivity index (χ3n) is 2.60. The third kappa shape index (κ3) is 5.03. The van der Waals surface area contributed by atoms with Gasteiger partial charge in [0.1, 0.15) is 5.82 Å². The quantitative estimate of drug-likeness (QED) is 0.371. The molecule has 0 spiro atoms. The highest BCUT2D eigenvalue weighted by Gasteiger charge is 2.05. The number of rotatable bonds is 6. The van der Waals surface area contributed by atoms with E-state index in [4.69, 9.17) is 5.73 Å². The molecule has 0 aliphatic carbocycles. The molecule has 5 nitrogen and oxygen atoms in total. The number of aromatic nitrogens is 2. The van der Waals surface area contributed by atoms with Gasteiger partial charge in [0, 0.05) is 30.3 Å². The number of carbonyl (C=O) groups is 1. The van der Waals surface area contributed by atoms with Crippen LogP contribution in [0.1, 0.15) is 12.8 Å². The lowest BCUT2D eigenvalue weighted by molar-refractivity contribution is -0.116. The van der Waals surface area contributed by atoms with E-state index in [-0.39, 0.29) is 11.6 Å². The molecular formula is C14H15FN4OS. The molecule has 7 heteroatoms. The molecule has 0 saturated carbocycles. The fourth-order valence-electron chi connectivity index (χ4n) is 1.60. The van der Waals surface area contributed by atoms with Gasteiger partial charge in [-0.25, -0.2) is 14.4 Å². The molecule has 1 aromatic carbocycles. The Morgan fingerprint density at radius 1 is 1.33 bits per heavy atom. The number of hydrogen-bond donors (Lipinski definition) is 2. The van der Waals surface area contributed by atoms with E-state index in [1.165, 1.54) is 30.0 Å². The predicted octanol–water partition coefficient (Wildman–Crippen LogP) is 2.71. The van der Waals surface area contributed by atoms with Crippen LogP contribution in [0.2, 0.25) is 0 Å². The normalized spacial score (nSPS) is 10.3. The Balaban J connectivity index is 1.71. The standard InChI is InChI=1S/C14H15FN4OS/c15-11-5-4-10(9-12(11)16)19-13(20)3-1-8-21-14-17-6-2-7-18-14/h2,4-7,9H,1,3,8,16H2,(H,19,20). The monoisotopic (exact) mass is 306 g/mol. The summed E-state index contributed by atoms with van der Waals surface area (Å²) in [5.74, 6) is 0.131. The third-order valence-corrected chi connectivity index (χ3v) is 3.56. The first-order chi connectivity index (χ1) is 10.1. The van der Waals surface area contributed by atoms with Crippen molar-refractivity contribution in [3.63, 3.8) is 0 Å². The lowest BCUT2D eigenvalue weighted by atomic mass is 10.2.